The maximum atomic E-state index is 12.8. The number of carbonyl (C=O) groups excluding carboxylic acids is 3. The minimum absolute atomic E-state index is 0.0984. The summed E-state index contributed by atoms with van der Waals surface area (Å²) in [5.41, 5.74) is 2.59. The fraction of sp³-hybridized carbons (Fsp3) is 0.333. The van der Waals surface area contributed by atoms with Crippen molar-refractivity contribution in [3.8, 4) is 0 Å². The predicted molar refractivity (Wildman–Crippen MR) is 122 cm³/mol. The Labute approximate surface area is 192 Å². The van der Waals surface area contributed by atoms with E-state index < -0.39 is 23.8 Å². The van der Waals surface area contributed by atoms with Gasteiger partial charge in [-0.25, -0.2) is 14.4 Å². The van der Waals surface area contributed by atoms with Crippen LogP contribution in [-0.4, -0.2) is 50.1 Å². The molecule has 0 radical (unpaired) electrons. The van der Waals surface area contributed by atoms with Gasteiger partial charge in [-0.15, -0.1) is 0 Å². The summed E-state index contributed by atoms with van der Waals surface area (Å²) in [5, 5.41) is 12.8. The van der Waals surface area contributed by atoms with Gasteiger partial charge < -0.3 is 24.6 Å². The Morgan fingerprint density at radius 1 is 1.09 bits per heavy atom. The number of aliphatic hydroxyl groups excluding tert-OH is 1. The number of ether oxygens (including phenoxy) is 3. The summed E-state index contributed by atoms with van der Waals surface area (Å²) in [4.78, 5) is 41.6. The third kappa shape index (κ3) is 5.68. The van der Waals surface area contributed by atoms with Crippen LogP contribution < -0.4 is 5.32 Å². The molecule has 1 heterocycles. The summed E-state index contributed by atoms with van der Waals surface area (Å²) >= 11 is 0. The van der Waals surface area contributed by atoms with Gasteiger partial charge in [0.25, 0.3) is 0 Å². The van der Waals surface area contributed by atoms with Crippen LogP contribution in [0.1, 0.15) is 39.2 Å². The number of nitrogens with zero attached hydrogens (tertiary/aromatic N) is 1. The maximum Gasteiger partial charge on any atom is 0.342 e. The SMILES string of the molecule is CCOC(=O)C1=C(C)NC(C)=C(C(=O)OC)C1c1cccc(N=C/C(C(=O)OC)=C(\C)O)c1. The van der Waals surface area contributed by atoms with Gasteiger partial charge in [-0.3, -0.25) is 4.99 Å². The Hall–Kier alpha value is -3.88. The van der Waals surface area contributed by atoms with Crippen LogP contribution in [0.4, 0.5) is 5.69 Å². The number of hydrogen-bond donors (Lipinski definition) is 2. The first-order chi connectivity index (χ1) is 15.7. The number of nitrogens with one attached hydrogen (secondary N) is 1. The largest absolute Gasteiger partial charge is 0.512 e. The predicted octanol–water partition coefficient (Wildman–Crippen LogP) is 3.36. The van der Waals surface area contributed by atoms with Gasteiger partial charge in [0.05, 0.1) is 43.6 Å². The summed E-state index contributed by atoms with van der Waals surface area (Å²) in [5.74, 6) is -2.87. The number of methoxy groups -OCH3 is 2. The summed E-state index contributed by atoms with van der Waals surface area (Å²) in [6, 6.07) is 6.82. The first-order valence-corrected chi connectivity index (χ1v) is 10.2. The maximum absolute atomic E-state index is 12.8. The Balaban J connectivity index is 2.62. The van der Waals surface area contributed by atoms with E-state index in [0.717, 1.165) is 0 Å². The molecule has 0 aromatic heterocycles. The zero-order chi connectivity index (χ0) is 24.7. The number of hydrogen-bond acceptors (Lipinski definition) is 9. The summed E-state index contributed by atoms with van der Waals surface area (Å²) < 4.78 is 14.9. The number of aliphatic hydroxyl groups is 1. The van der Waals surface area contributed by atoms with Crippen LogP contribution in [0.3, 0.4) is 0 Å². The van der Waals surface area contributed by atoms with Gasteiger partial charge in [0.15, 0.2) is 0 Å². The van der Waals surface area contributed by atoms with Crippen LogP contribution in [0.25, 0.3) is 0 Å². The third-order valence-corrected chi connectivity index (χ3v) is 5.00. The fourth-order valence-electron chi connectivity index (χ4n) is 3.51. The molecule has 0 spiro atoms. The van der Waals surface area contributed by atoms with Crippen LogP contribution in [0.2, 0.25) is 0 Å². The number of rotatable bonds is 7. The van der Waals surface area contributed by atoms with Crippen molar-refractivity contribution in [1.82, 2.24) is 5.32 Å². The Kier molecular flexibility index (Phi) is 8.56. The average molecular weight is 456 g/mol. The van der Waals surface area contributed by atoms with Crippen molar-refractivity contribution < 1.29 is 33.7 Å². The normalized spacial score (nSPS) is 16.8. The third-order valence-electron chi connectivity index (χ3n) is 5.00. The van der Waals surface area contributed by atoms with Crippen molar-refractivity contribution >= 4 is 29.8 Å². The van der Waals surface area contributed by atoms with Crippen molar-refractivity contribution in [2.75, 3.05) is 20.8 Å². The minimum atomic E-state index is -0.761. The van der Waals surface area contributed by atoms with Crippen LogP contribution >= 0.6 is 0 Å². The highest BCUT2D eigenvalue weighted by molar-refractivity contribution is 6.10. The second kappa shape index (κ2) is 11.1. The van der Waals surface area contributed by atoms with E-state index in [1.807, 2.05) is 0 Å². The number of benzene rings is 1. The molecule has 1 aromatic rings. The lowest BCUT2D eigenvalue weighted by Gasteiger charge is -2.30. The molecule has 1 unspecified atom stereocenters. The van der Waals surface area contributed by atoms with Gasteiger partial charge in [-0.05, 0) is 45.4 Å². The van der Waals surface area contributed by atoms with E-state index in [1.54, 1.807) is 45.0 Å². The van der Waals surface area contributed by atoms with E-state index in [1.165, 1.54) is 27.4 Å². The molecule has 0 aliphatic carbocycles. The monoisotopic (exact) mass is 456 g/mol. The summed E-state index contributed by atoms with van der Waals surface area (Å²) in [7, 11) is 2.47. The molecule has 0 saturated heterocycles. The van der Waals surface area contributed by atoms with E-state index in [-0.39, 0.29) is 29.1 Å². The fourth-order valence-corrected chi connectivity index (χ4v) is 3.51. The highest BCUT2D eigenvalue weighted by Gasteiger charge is 2.37. The van der Waals surface area contributed by atoms with Gasteiger partial charge >= 0.3 is 17.9 Å². The van der Waals surface area contributed by atoms with Crippen LogP contribution in [-0.2, 0) is 28.6 Å². The Morgan fingerprint density at radius 3 is 2.27 bits per heavy atom. The summed E-state index contributed by atoms with van der Waals surface area (Å²) in [6.45, 7) is 6.68. The van der Waals surface area contributed by atoms with Crippen molar-refractivity contribution in [1.29, 1.82) is 0 Å². The van der Waals surface area contributed by atoms with E-state index in [2.05, 4.69) is 15.0 Å². The molecule has 2 N–H and O–H groups in total. The highest BCUT2D eigenvalue weighted by atomic mass is 16.5. The quantitative estimate of drug-likeness (QED) is 0.210. The minimum Gasteiger partial charge on any atom is -0.512 e. The molecule has 0 fully saturated rings. The molecule has 9 nitrogen and oxygen atoms in total. The first-order valence-electron chi connectivity index (χ1n) is 10.2. The standard InChI is InChI=1S/C24H28N2O7/c1-7-33-24(30)20-14(3)26-13(2)19(23(29)32-6)21(20)16-9-8-10-17(11-16)25-12-18(15(4)27)22(28)31-5/h8-12,21,26-27H,7H2,1-6H3/b18-15-,25-12?. The molecule has 1 atom stereocenters. The number of carbonyl (C=O) groups is 3. The topological polar surface area (TPSA) is 124 Å². The van der Waals surface area contributed by atoms with Crippen molar-refractivity contribution in [3.63, 3.8) is 0 Å². The van der Waals surface area contributed by atoms with E-state index in [4.69, 9.17) is 9.47 Å². The van der Waals surface area contributed by atoms with E-state index in [0.29, 0.717) is 22.6 Å². The molecule has 176 valence electrons. The van der Waals surface area contributed by atoms with Crippen molar-refractivity contribution in [2.24, 2.45) is 4.99 Å². The molecular weight excluding hydrogens is 428 g/mol. The molecule has 0 saturated carbocycles. The molecule has 1 aromatic carbocycles. The van der Waals surface area contributed by atoms with Crippen LogP contribution in [0, 0.1) is 0 Å². The van der Waals surface area contributed by atoms with Gasteiger partial charge in [0, 0.05) is 17.6 Å². The lowest BCUT2D eigenvalue weighted by Crippen LogP contribution is -2.32. The Bertz CT molecular complexity index is 1080. The number of aliphatic imine (C=N–C) groups is 1. The van der Waals surface area contributed by atoms with Gasteiger partial charge in [-0.2, -0.15) is 0 Å². The molecule has 1 aliphatic rings. The molecule has 9 heteroatoms. The van der Waals surface area contributed by atoms with Crippen LogP contribution in [0.15, 0.2) is 63.1 Å². The van der Waals surface area contributed by atoms with Crippen molar-refractivity contribution in [3.05, 3.63) is 63.7 Å². The molecule has 1 aliphatic heterocycles. The lowest BCUT2D eigenvalue weighted by molar-refractivity contribution is -0.139. The van der Waals surface area contributed by atoms with Gasteiger partial charge in [0.1, 0.15) is 11.3 Å². The van der Waals surface area contributed by atoms with E-state index in [9.17, 15) is 19.5 Å². The smallest absolute Gasteiger partial charge is 0.342 e. The second-order valence-electron chi connectivity index (χ2n) is 7.19. The second-order valence-corrected chi connectivity index (χ2v) is 7.19. The van der Waals surface area contributed by atoms with E-state index >= 15 is 0 Å². The van der Waals surface area contributed by atoms with Crippen molar-refractivity contribution in [2.45, 2.75) is 33.6 Å². The zero-order valence-corrected chi connectivity index (χ0v) is 19.5. The van der Waals surface area contributed by atoms with Gasteiger partial charge in [0.2, 0.25) is 0 Å². The first kappa shape index (κ1) is 25.4. The molecule has 0 bridgehead atoms. The zero-order valence-electron chi connectivity index (χ0n) is 19.5. The summed E-state index contributed by atoms with van der Waals surface area (Å²) in [6.07, 6.45) is 1.19. The van der Waals surface area contributed by atoms with Gasteiger partial charge in [-0.1, -0.05) is 12.1 Å². The number of dihydropyridines is 1. The highest BCUT2D eigenvalue weighted by Crippen LogP contribution is 2.40. The van der Waals surface area contributed by atoms with Crippen LogP contribution in [0.5, 0.6) is 0 Å². The molecule has 2 rings (SSSR count). The number of esters is 3. The lowest BCUT2D eigenvalue weighted by atomic mass is 9.80. The molecular formula is C24H28N2O7. The molecule has 0 amide bonds. The Morgan fingerprint density at radius 2 is 1.73 bits per heavy atom. The molecule has 33 heavy (non-hydrogen) atoms. The number of allylic oxidation sites excluding steroid dienone is 3. The average Bonchev–Trinajstić information content (AvgIpc) is 2.78.